The standard InChI is InChI=1S/C5H4O5/c6-5(7)10-4-3-8-1-2-9-4/h1-3H,(H,6,7). The van der Waals surface area contributed by atoms with Crippen molar-refractivity contribution in [2.45, 2.75) is 0 Å². The highest BCUT2D eigenvalue weighted by atomic mass is 16.8. The first-order valence-corrected chi connectivity index (χ1v) is 2.37. The van der Waals surface area contributed by atoms with Crippen molar-refractivity contribution < 1.29 is 24.1 Å². The third-order valence-electron chi connectivity index (χ3n) is 0.670. The average molecular weight is 144 g/mol. The van der Waals surface area contributed by atoms with Crippen LogP contribution in [0.3, 0.4) is 0 Å². The van der Waals surface area contributed by atoms with Crippen molar-refractivity contribution in [3.63, 3.8) is 0 Å². The van der Waals surface area contributed by atoms with E-state index in [1.165, 1.54) is 6.26 Å². The van der Waals surface area contributed by atoms with Gasteiger partial charge in [0.15, 0.2) is 6.26 Å². The summed E-state index contributed by atoms with van der Waals surface area (Å²) in [5.41, 5.74) is 0. The summed E-state index contributed by atoms with van der Waals surface area (Å²) in [4.78, 5) is 9.84. The van der Waals surface area contributed by atoms with Gasteiger partial charge in [0.2, 0.25) is 0 Å². The van der Waals surface area contributed by atoms with Crippen LogP contribution in [0.1, 0.15) is 0 Å². The van der Waals surface area contributed by atoms with E-state index in [-0.39, 0.29) is 5.95 Å². The second kappa shape index (κ2) is 2.77. The summed E-state index contributed by atoms with van der Waals surface area (Å²) in [7, 11) is 0. The van der Waals surface area contributed by atoms with Gasteiger partial charge in [0.05, 0.1) is 0 Å². The molecule has 0 unspecified atom stereocenters. The van der Waals surface area contributed by atoms with Crippen molar-refractivity contribution in [1.29, 1.82) is 0 Å². The highest BCUT2D eigenvalue weighted by Crippen LogP contribution is 2.05. The van der Waals surface area contributed by atoms with Gasteiger partial charge >= 0.3 is 12.1 Å². The molecule has 0 spiro atoms. The van der Waals surface area contributed by atoms with Gasteiger partial charge in [0, 0.05) is 0 Å². The van der Waals surface area contributed by atoms with Crippen molar-refractivity contribution in [3.8, 4) is 0 Å². The molecule has 5 nitrogen and oxygen atoms in total. The highest BCUT2D eigenvalue weighted by Gasteiger charge is 2.06. The average Bonchev–Trinajstić information content (AvgIpc) is 1.88. The molecular formula is C5H4O5. The first-order valence-electron chi connectivity index (χ1n) is 2.37. The van der Waals surface area contributed by atoms with Crippen LogP contribution in [0.5, 0.6) is 0 Å². The lowest BCUT2D eigenvalue weighted by molar-refractivity contribution is 0.0549. The number of carbonyl (C=O) groups is 1. The van der Waals surface area contributed by atoms with Crippen LogP contribution in [0.15, 0.2) is 24.7 Å². The van der Waals surface area contributed by atoms with E-state index >= 15 is 0 Å². The molecule has 0 aromatic carbocycles. The second-order valence-corrected chi connectivity index (χ2v) is 1.33. The zero-order valence-corrected chi connectivity index (χ0v) is 4.81. The molecule has 0 aliphatic carbocycles. The quantitative estimate of drug-likeness (QED) is 0.556. The Morgan fingerprint density at radius 2 is 2.40 bits per heavy atom. The summed E-state index contributed by atoms with van der Waals surface area (Å²) in [6.45, 7) is 0. The number of ether oxygens (including phenoxy) is 3. The second-order valence-electron chi connectivity index (χ2n) is 1.33. The molecule has 1 N–H and O–H groups in total. The first kappa shape index (κ1) is 6.47. The maximum atomic E-state index is 9.84. The molecular weight excluding hydrogens is 140 g/mol. The van der Waals surface area contributed by atoms with Crippen molar-refractivity contribution in [1.82, 2.24) is 0 Å². The summed E-state index contributed by atoms with van der Waals surface area (Å²) >= 11 is 0. The molecule has 5 heteroatoms. The minimum Gasteiger partial charge on any atom is -0.462 e. The van der Waals surface area contributed by atoms with Gasteiger partial charge in [0.25, 0.3) is 0 Å². The minimum atomic E-state index is -1.44. The van der Waals surface area contributed by atoms with Gasteiger partial charge < -0.3 is 19.3 Å². The van der Waals surface area contributed by atoms with Gasteiger partial charge in [-0.25, -0.2) is 4.79 Å². The highest BCUT2D eigenvalue weighted by molar-refractivity contribution is 5.58. The predicted octanol–water partition coefficient (Wildman–Crippen LogP) is 0.998. The Balaban J connectivity index is 2.41. The van der Waals surface area contributed by atoms with E-state index in [1.54, 1.807) is 0 Å². The molecule has 54 valence electrons. The normalized spacial score (nSPS) is 14.6. The first-order chi connectivity index (χ1) is 4.79. The Kier molecular flexibility index (Phi) is 1.79. The van der Waals surface area contributed by atoms with Gasteiger partial charge in [-0.3, -0.25) is 0 Å². The summed E-state index contributed by atoms with van der Waals surface area (Å²) < 4.78 is 13.1. The van der Waals surface area contributed by atoms with E-state index in [1.807, 2.05) is 0 Å². The van der Waals surface area contributed by atoms with Crippen molar-refractivity contribution in [2.24, 2.45) is 0 Å². The molecule has 0 saturated heterocycles. The lowest BCUT2D eigenvalue weighted by Crippen LogP contribution is -2.03. The number of carboxylic acid groups (broad SMARTS) is 1. The molecule has 0 bridgehead atoms. The fourth-order valence-corrected chi connectivity index (χ4v) is 0.384. The van der Waals surface area contributed by atoms with E-state index in [0.717, 1.165) is 12.5 Å². The van der Waals surface area contributed by atoms with E-state index in [0.29, 0.717) is 0 Å². The molecule has 0 fully saturated rings. The molecule has 10 heavy (non-hydrogen) atoms. The maximum absolute atomic E-state index is 9.84. The van der Waals surface area contributed by atoms with Crippen LogP contribution >= 0.6 is 0 Å². The van der Waals surface area contributed by atoms with Crippen LogP contribution in [0.25, 0.3) is 0 Å². The van der Waals surface area contributed by atoms with E-state index in [4.69, 9.17) is 5.11 Å². The lowest BCUT2D eigenvalue weighted by atomic mass is 10.8. The molecule has 0 aromatic heterocycles. The fraction of sp³-hybridized carbons (Fsp3) is 0. The third-order valence-corrected chi connectivity index (χ3v) is 0.670. The Hall–Kier alpha value is -1.65. The van der Waals surface area contributed by atoms with Crippen LogP contribution in [-0.4, -0.2) is 11.3 Å². The van der Waals surface area contributed by atoms with Gasteiger partial charge in [-0.1, -0.05) is 0 Å². The largest absolute Gasteiger partial charge is 0.513 e. The van der Waals surface area contributed by atoms with Crippen molar-refractivity contribution >= 4 is 6.16 Å². The molecule has 1 heterocycles. The smallest absolute Gasteiger partial charge is 0.462 e. The maximum Gasteiger partial charge on any atom is 0.513 e. The van der Waals surface area contributed by atoms with Crippen LogP contribution in [0, 0.1) is 0 Å². The molecule has 0 aromatic rings. The van der Waals surface area contributed by atoms with E-state index in [9.17, 15) is 4.79 Å². The number of rotatable bonds is 1. The summed E-state index contributed by atoms with van der Waals surface area (Å²) in [5.74, 6) is -0.199. The van der Waals surface area contributed by atoms with Crippen LogP contribution in [0.4, 0.5) is 4.79 Å². The topological polar surface area (TPSA) is 65.0 Å². The number of hydrogen-bond acceptors (Lipinski definition) is 4. The molecule has 0 atom stereocenters. The molecule has 1 rings (SSSR count). The fourth-order valence-electron chi connectivity index (χ4n) is 0.384. The summed E-state index contributed by atoms with van der Waals surface area (Å²) in [6.07, 6.45) is 2.01. The molecule has 0 saturated carbocycles. The lowest BCUT2D eigenvalue weighted by Gasteiger charge is -2.05. The molecule has 0 radical (unpaired) electrons. The summed E-state index contributed by atoms with van der Waals surface area (Å²) in [5, 5.41) is 8.04. The predicted molar refractivity (Wildman–Crippen MR) is 28.5 cm³/mol. The summed E-state index contributed by atoms with van der Waals surface area (Å²) in [6, 6.07) is 0. The third kappa shape index (κ3) is 1.70. The monoisotopic (exact) mass is 144 g/mol. The van der Waals surface area contributed by atoms with Crippen LogP contribution in [0.2, 0.25) is 0 Å². The molecule has 1 aliphatic rings. The van der Waals surface area contributed by atoms with E-state index < -0.39 is 6.16 Å². The van der Waals surface area contributed by atoms with Gasteiger partial charge in [-0.15, -0.1) is 0 Å². The van der Waals surface area contributed by atoms with E-state index in [2.05, 4.69) is 14.2 Å². The Morgan fingerprint density at radius 1 is 1.60 bits per heavy atom. The molecule has 0 amide bonds. The van der Waals surface area contributed by atoms with Gasteiger partial charge in [0.1, 0.15) is 12.5 Å². The Bertz CT molecular complexity index is 192. The van der Waals surface area contributed by atoms with Gasteiger partial charge in [-0.2, -0.15) is 0 Å². The van der Waals surface area contributed by atoms with Crippen molar-refractivity contribution in [2.75, 3.05) is 0 Å². The Morgan fingerprint density at radius 3 is 2.90 bits per heavy atom. The van der Waals surface area contributed by atoms with Crippen LogP contribution < -0.4 is 0 Å². The molecule has 1 aliphatic heterocycles. The SMILES string of the molecule is O=C(O)OC1=COC=CO1. The zero-order chi connectivity index (χ0) is 7.40. The Labute approximate surface area is 56.1 Å². The zero-order valence-electron chi connectivity index (χ0n) is 4.81. The van der Waals surface area contributed by atoms with Gasteiger partial charge in [-0.05, 0) is 0 Å². The van der Waals surface area contributed by atoms with Crippen LogP contribution in [-0.2, 0) is 14.2 Å². The van der Waals surface area contributed by atoms with Crippen molar-refractivity contribution in [3.05, 3.63) is 24.7 Å². The number of hydrogen-bond donors (Lipinski definition) is 1. The minimum absolute atomic E-state index is 0.199.